The first kappa shape index (κ1) is 13.5. The molecule has 5 N–H and O–H groups in total. The Kier molecular flexibility index (Phi) is 3.90. The molecule has 0 fully saturated rings. The van der Waals surface area contributed by atoms with Crippen LogP contribution in [0.4, 0.5) is 16.2 Å². The molecule has 0 atom stereocenters. The van der Waals surface area contributed by atoms with Crippen molar-refractivity contribution in [1.29, 1.82) is 0 Å². The molecule has 2 amide bonds. The van der Waals surface area contributed by atoms with E-state index in [1.807, 2.05) is 0 Å². The molecule has 1 aromatic carbocycles. The van der Waals surface area contributed by atoms with Crippen molar-refractivity contribution in [3.63, 3.8) is 0 Å². The Morgan fingerprint density at radius 1 is 1.20 bits per heavy atom. The zero-order chi connectivity index (χ0) is 14.5. The number of nitrogens with two attached hydrogens (primary N) is 1. The van der Waals surface area contributed by atoms with Gasteiger partial charge in [0.25, 0.3) is 0 Å². The summed E-state index contributed by atoms with van der Waals surface area (Å²) < 4.78 is 5.11. The van der Waals surface area contributed by atoms with Crippen LogP contribution in [0.5, 0.6) is 0 Å². The van der Waals surface area contributed by atoms with Crippen LogP contribution in [0.15, 0.2) is 40.8 Å². The second-order valence-electron chi connectivity index (χ2n) is 3.99. The van der Waals surface area contributed by atoms with Gasteiger partial charge >= 0.3 is 12.0 Å². The quantitative estimate of drug-likeness (QED) is 0.666. The van der Waals surface area contributed by atoms with Gasteiger partial charge in [0, 0.05) is 11.4 Å². The molecule has 0 saturated carbocycles. The maximum absolute atomic E-state index is 10.7. The molecule has 7 heteroatoms. The van der Waals surface area contributed by atoms with E-state index in [4.69, 9.17) is 15.3 Å². The standard InChI is InChI=1S/C13H13N3O4/c14-13(19)16-9-3-1-2-8(6-9)15-7-10-4-5-11(20-10)12(17)18/h1-6,15H,7H2,(H,17,18)(H3,14,16,19). The summed E-state index contributed by atoms with van der Waals surface area (Å²) in [5.74, 6) is -0.717. The number of carbonyl (C=O) groups excluding carboxylic acids is 1. The van der Waals surface area contributed by atoms with Crippen LogP contribution < -0.4 is 16.4 Å². The number of benzene rings is 1. The first-order valence-electron chi connectivity index (χ1n) is 5.77. The molecule has 20 heavy (non-hydrogen) atoms. The number of anilines is 2. The van der Waals surface area contributed by atoms with E-state index in [1.54, 1.807) is 30.3 Å². The maximum Gasteiger partial charge on any atom is 0.371 e. The minimum atomic E-state index is -1.11. The number of aromatic carboxylic acids is 1. The van der Waals surface area contributed by atoms with Gasteiger partial charge in [-0.15, -0.1) is 0 Å². The van der Waals surface area contributed by atoms with E-state index < -0.39 is 12.0 Å². The highest BCUT2D eigenvalue weighted by Crippen LogP contribution is 2.16. The van der Waals surface area contributed by atoms with Gasteiger partial charge in [-0.3, -0.25) is 0 Å². The van der Waals surface area contributed by atoms with Gasteiger partial charge in [0.2, 0.25) is 5.76 Å². The van der Waals surface area contributed by atoms with Crippen molar-refractivity contribution in [3.8, 4) is 0 Å². The molecule has 0 radical (unpaired) electrons. The van der Waals surface area contributed by atoms with Gasteiger partial charge in [0.15, 0.2) is 0 Å². The van der Waals surface area contributed by atoms with Crippen molar-refractivity contribution in [2.45, 2.75) is 6.54 Å². The summed E-state index contributed by atoms with van der Waals surface area (Å²) in [5, 5.41) is 14.2. The lowest BCUT2D eigenvalue weighted by molar-refractivity contribution is 0.0660. The first-order valence-corrected chi connectivity index (χ1v) is 5.77. The zero-order valence-corrected chi connectivity index (χ0v) is 10.4. The zero-order valence-electron chi connectivity index (χ0n) is 10.4. The normalized spacial score (nSPS) is 10.0. The van der Waals surface area contributed by atoms with Crippen molar-refractivity contribution in [1.82, 2.24) is 0 Å². The highest BCUT2D eigenvalue weighted by atomic mass is 16.4. The molecule has 0 aliphatic carbocycles. The number of urea groups is 1. The minimum Gasteiger partial charge on any atom is -0.475 e. The van der Waals surface area contributed by atoms with E-state index in [0.29, 0.717) is 18.0 Å². The summed E-state index contributed by atoms with van der Waals surface area (Å²) in [4.78, 5) is 21.4. The SMILES string of the molecule is NC(=O)Nc1cccc(NCc2ccc(C(=O)O)o2)c1. The molecule has 0 bridgehead atoms. The second-order valence-corrected chi connectivity index (χ2v) is 3.99. The predicted octanol–water partition coefficient (Wildman–Crippen LogP) is 2.08. The van der Waals surface area contributed by atoms with E-state index in [0.717, 1.165) is 5.69 Å². The smallest absolute Gasteiger partial charge is 0.371 e. The molecule has 2 aromatic rings. The minimum absolute atomic E-state index is 0.106. The van der Waals surface area contributed by atoms with Gasteiger partial charge < -0.3 is 25.9 Å². The Morgan fingerprint density at radius 2 is 1.95 bits per heavy atom. The molecule has 0 saturated heterocycles. The van der Waals surface area contributed by atoms with Gasteiger partial charge in [0.05, 0.1) is 6.54 Å². The lowest BCUT2D eigenvalue weighted by atomic mass is 10.2. The Hall–Kier alpha value is -2.96. The molecule has 1 heterocycles. The third-order valence-electron chi connectivity index (χ3n) is 2.47. The molecule has 104 valence electrons. The molecule has 0 unspecified atom stereocenters. The molecule has 7 nitrogen and oxygen atoms in total. The number of rotatable bonds is 5. The highest BCUT2D eigenvalue weighted by Gasteiger charge is 2.08. The van der Waals surface area contributed by atoms with Gasteiger partial charge in [0.1, 0.15) is 5.76 Å². The van der Waals surface area contributed by atoms with E-state index in [2.05, 4.69) is 10.6 Å². The molecular weight excluding hydrogens is 262 g/mol. The fraction of sp³-hybridized carbons (Fsp3) is 0.0769. The number of hydrogen-bond acceptors (Lipinski definition) is 4. The van der Waals surface area contributed by atoms with Crippen LogP contribution in [0, 0.1) is 0 Å². The highest BCUT2D eigenvalue weighted by molar-refractivity contribution is 5.88. The van der Waals surface area contributed by atoms with E-state index in [1.165, 1.54) is 6.07 Å². The fourth-order valence-corrected chi connectivity index (χ4v) is 1.63. The third-order valence-corrected chi connectivity index (χ3v) is 2.47. The summed E-state index contributed by atoms with van der Waals surface area (Å²) in [7, 11) is 0. The molecule has 0 aliphatic heterocycles. The van der Waals surface area contributed by atoms with Crippen molar-refractivity contribution in [2.24, 2.45) is 5.73 Å². The average Bonchev–Trinajstić information content (AvgIpc) is 2.85. The number of nitrogens with one attached hydrogen (secondary N) is 2. The van der Waals surface area contributed by atoms with Gasteiger partial charge in [-0.25, -0.2) is 9.59 Å². The van der Waals surface area contributed by atoms with Gasteiger partial charge in [-0.2, -0.15) is 0 Å². The lowest BCUT2D eigenvalue weighted by Gasteiger charge is -2.07. The molecule has 2 rings (SSSR count). The van der Waals surface area contributed by atoms with E-state index in [9.17, 15) is 9.59 Å². The molecule has 0 aliphatic rings. The molecule has 0 spiro atoms. The molecular formula is C13H13N3O4. The monoisotopic (exact) mass is 275 g/mol. The van der Waals surface area contributed by atoms with Crippen molar-refractivity contribution < 1.29 is 19.1 Å². The van der Waals surface area contributed by atoms with Crippen LogP contribution in [0.1, 0.15) is 16.3 Å². The Balaban J connectivity index is 1.99. The largest absolute Gasteiger partial charge is 0.475 e. The van der Waals surface area contributed by atoms with E-state index in [-0.39, 0.29) is 5.76 Å². The van der Waals surface area contributed by atoms with Gasteiger partial charge in [-0.05, 0) is 30.3 Å². The number of hydrogen-bond donors (Lipinski definition) is 4. The van der Waals surface area contributed by atoms with Crippen molar-refractivity contribution >= 4 is 23.4 Å². The van der Waals surface area contributed by atoms with E-state index >= 15 is 0 Å². The Morgan fingerprint density at radius 3 is 2.60 bits per heavy atom. The average molecular weight is 275 g/mol. The fourth-order valence-electron chi connectivity index (χ4n) is 1.63. The van der Waals surface area contributed by atoms with Crippen LogP contribution in [-0.2, 0) is 6.54 Å². The summed E-state index contributed by atoms with van der Waals surface area (Å²) in [6.45, 7) is 0.327. The summed E-state index contributed by atoms with van der Waals surface area (Å²) in [6, 6.07) is 9.29. The van der Waals surface area contributed by atoms with Gasteiger partial charge in [-0.1, -0.05) is 6.07 Å². The maximum atomic E-state index is 10.7. The topological polar surface area (TPSA) is 118 Å². The Bertz CT molecular complexity index is 636. The van der Waals surface area contributed by atoms with Crippen LogP contribution >= 0.6 is 0 Å². The molecule has 1 aromatic heterocycles. The van der Waals surface area contributed by atoms with Crippen LogP contribution in [0.25, 0.3) is 0 Å². The number of carbonyl (C=O) groups is 2. The third kappa shape index (κ3) is 3.52. The number of carboxylic acid groups (broad SMARTS) is 1. The van der Waals surface area contributed by atoms with Crippen LogP contribution in [0.2, 0.25) is 0 Å². The Labute approximate surface area is 114 Å². The first-order chi connectivity index (χ1) is 9.54. The number of furan rings is 1. The summed E-state index contributed by atoms with van der Waals surface area (Å²) >= 11 is 0. The number of primary amides is 1. The van der Waals surface area contributed by atoms with Crippen LogP contribution in [-0.4, -0.2) is 17.1 Å². The second kappa shape index (κ2) is 5.79. The summed E-state index contributed by atoms with van der Waals surface area (Å²) in [5.41, 5.74) is 6.33. The number of amides is 2. The lowest BCUT2D eigenvalue weighted by Crippen LogP contribution is -2.19. The van der Waals surface area contributed by atoms with Crippen LogP contribution in [0.3, 0.4) is 0 Å². The number of carboxylic acids is 1. The summed E-state index contributed by atoms with van der Waals surface area (Å²) in [6.07, 6.45) is 0. The van der Waals surface area contributed by atoms with Crippen molar-refractivity contribution in [2.75, 3.05) is 10.6 Å². The predicted molar refractivity (Wildman–Crippen MR) is 72.6 cm³/mol. The van der Waals surface area contributed by atoms with Crippen molar-refractivity contribution in [3.05, 3.63) is 47.9 Å².